The second kappa shape index (κ2) is 9.70. The van der Waals surface area contributed by atoms with Crippen molar-refractivity contribution in [1.29, 1.82) is 0 Å². The summed E-state index contributed by atoms with van der Waals surface area (Å²) in [5.74, 6) is -0.0326. The average molecular weight is 481 g/mol. The lowest BCUT2D eigenvalue weighted by Gasteiger charge is -2.34. The minimum atomic E-state index is -0.494. The van der Waals surface area contributed by atoms with Gasteiger partial charge >= 0.3 is 0 Å². The molecule has 0 N–H and O–H groups in total. The molecule has 2 atom stereocenters. The monoisotopic (exact) mass is 480 g/mol. The number of carbonyl (C=O) groups is 2. The highest BCUT2D eigenvalue weighted by Crippen LogP contribution is 2.38. The summed E-state index contributed by atoms with van der Waals surface area (Å²) in [5.41, 5.74) is 4.35. The Hall–Kier alpha value is -3.00. The molecule has 0 unspecified atom stereocenters. The standard InChI is InChI=1S/C26H32N4O3S/c1-17-13-21(33-28-17)23(26(2,3)4)25(32)30-12-6-7-20(30)24(31)29(5)15-18-8-10-19(11-9-18)22-14-27-16-34-22/h8-11,13-14,16,20,23H,6-7,12,15H2,1-5H3/t20-,23+/m0/s1. The van der Waals surface area contributed by atoms with Crippen LogP contribution in [0, 0.1) is 12.3 Å². The van der Waals surface area contributed by atoms with E-state index in [0.717, 1.165) is 28.1 Å². The number of amides is 2. The highest BCUT2D eigenvalue weighted by Gasteiger charge is 2.44. The zero-order valence-corrected chi connectivity index (χ0v) is 21.3. The van der Waals surface area contributed by atoms with E-state index in [1.165, 1.54) is 0 Å². The van der Waals surface area contributed by atoms with Crippen LogP contribution in [0.2, 0.25) is 0 Å². The lowest BCUT2D eigenvalue weighted by atomic mass is 9.78. The maximum atomic E-state index is 13.7. The Morgan fingerprint density at radius 1 is 1.26 bits per heavy atom. The van der Waals surface area contributed by atoms with Crippen molar-refractivity contribution >= 4 is 23.2 Å². The van der Waals surface area contributed by atoms with Crippen LogP contribution in [-0.2, 0) is 16.1 Å². The van der Waals surface area contributed by atoms with Crippen LogP contribution in [-0.4, -0.2) is 51.4 Å². The van der Waals surface area contributed by atoms with Gasteiger partial charge in [0.1, 0.15) is 17.7 Å². The molecule has 1 fully saturated rings. The average Bonchev–Trinajstić information content (AvgIpc) is 3.55. The summed E-state index contributed by atoms with van der Waals surface area (Å²) in [5, 5.41) is 3.99. The number of aryl methyl sites for hydroxylation is 1. The van der Waals surface area contributed by atoms with E-state index in [-0.39, 0.29) is 17.2 Å². The van der Waals surface area contributed by atoms with E-state index in [0.29, 0.717) is 25.3 Å². The fourth-order valence-electron chi connectivity index (χ4n) is 4.63. The van der Waals surface area contributed by atoms with Crippen LogP contribution in [0.1, 0.15) is 56.5 Å². The van der Waals surface area contributed by atoms with Crippen molar-refractivity contribution in [2.75, 3.05) is 13.6 Å². The number of carbonyl (C=O) groups excluding carboxylic acids is 2. The fraction of sp³-hybridized carbons (Fsp3) is 0.462. The Morgan fingerprint density at radius 3 is 2.59 bits per heavy atom. The fourth-order valence-corrected chi connectivity index (χ4v) is 5.26. The van der Waals surface area contributed by atoms with Crippen molar-refractivity contribution in [3.8, 4) is 10.4 Å². The molecule has 2 amide bonds. The Kier molecular flexibility index (Phi) is 6.89. The molecular formula is C26H32N4O3S. The third kappa shape index (κ3) is 5.06. The summed E-state index contributed by atoms with van der Waals surface area (Å²) in [6.45, 7) is 8.96. The van der Waals surface area contributed by atoms with Gasteiger partial charge in [0.15, 0.2) is 0 Å². The van der Waals surface area contributed by atoms with Gasteiger partial charge in [0.2, 0.25) is 11.8 Å². The van der Waals surface area contributed by atoms with Gasteiger partial charge in [-0.05, 0) is 36.3 Å². The first-order valence-corrected chi connectivity index (χ1v) is 12.5. The molecule has 3 aromatic rings. The molecule has 1 aliphatic heterocycles. The van der Waals surface area contributed by atoms with Gasteiger partial charge in [-0.3, -0.25) is 14.6 Å². The van der Waals surface area contributed by atoms with Crippen LogP contribution in [0.4, 0.5) is 0 Å². The van der Waals surface area contributed by atoms with Crippen LogP contribution < -0.4 is 0 Å². The van der Waals surface area contributed by atoms with Crippen LogP contribution in [0.3, 0.4) is 0 Å². The molecule has 1 aliphatic rings. The van der Waals surface area contributed by atoms with Crippen LogP contribution >= 0.6 is 11.3 Å². The van der Waals surface area contributed by atoms with Crippen LogP contribution in [0.5, 0.6) is 0 Å². The van der Waals surface area contributed by atoms with Crippen LogP contribution in [0.15, 0.2) is 46.6 Å². The normalized spacial score (nSPS) is 17.1. The first-order chi connectivity index (χ1) is 16.1. The molecule has 0 spiro atoms. The third-order valence-electron chi connectivity index (χ3n) is 6.33. The van der Waals surface area contributed by atoms with E-state index in [1.807, 2.05) is 64.6 Å². The van der Waals surface area contributed by atoms with Gasteiger partial charge in [0, 0.05) is 32.4 Å². The number of benzene rings is 1. The second-order valence-corrected chi connectivity index (χ2v) is 11.0. The minimum Gasteiger partial charge on any atom is -0.360 e. The molecule has 0 bridgehead atoms. The maximum Gasteiger partial charge on any atom is 0.245 e. The van der Waals surface area contributed by atoms with Crippen molar-refractivity contribution in [2.24, 2.45) is 5.41 Å². The number of likely N-dealkylation sites (tertiary alicyclic amines) is 1. The predicted octanol–water partition coefficient (Wildman–Crippen LogP) is 4.89. The SMILES string of the molecule is Cc1cc([C@H](C(=O)N2CCC[C@H]2C(=O)N(C)Cc2ccc(-c3cncs3)cc2)C(C)(C)C)on1. The van der Waals surface area contributed by atoms with Gasteiger partial charge in [0.25, 0.3) is 0 Å². The Morgan fingerprint density at radius 2 is 2.00 bits per heavy atom. The van der Waals surface area contributed by atoms with Gasteiger partial charge in [-0.1, -0.05) is 50.2 Å². The zero-order chi connectivity index (χ0) is 24.5. The van der Waals surface area contributed by atoms with Crippen molar-refractivity contribution < 1.29 is 14.1 Å². The van der Waals surface area contributed by atoms with Crippen molar-refractivity contribution in [1.82, 2.24) is 19.9 Å². The van der Waals surface area contributed by atoms with Crippen LogP contribution in [0.25, 0.3) is 10.4 Å². The largest absolute Gasteiger partial charge is 0.360 e. The molecule has 2 aromatic heterocycles. The Balaban J connectivity index is 1.47. The quantitative estimate of drug-likeness (QED) is 0.502. The highest BCUT2D eigenvalue weighted by molar-refractivity contribution is 7.13. The highest BCUT2D eigenvalue weighted by atomic mass is 32.1. The Labute approximate surface area is 204 Å². The van der Waals surface area contributed by atoms with E-state index in [9.17, 15) is 9.59 Å². The zero-order valence-electron chi connectivity index (χ0n) is 20.4. The first-order valence-electron chi connectivity index (χ1n) is 11.6. The summed E-state index contributed by atoms with van der Waals surface area (Å²) >= 11 is 1.60. The lowest BCUT2D eigenvalue weighted by molar-refractivity contribution is -0.145. The summed E-state index contributed by atoms with van der Waals surface area (Å²) in [6.07, 6.45) is 3.34. The van der Waals surface area contributed by atoms with Gasteiger partial charge in [-0.25, -0.2) is 0 Å². The van der Waals surface area contributed by atoms with Crippen molar-refractivity contribution in [2.45, 2.75) is 59.0 Å². The Bertz CT molecular complexity index is 1130. The summed E-state index contributed by atoms with van der Waals surface area (Å²) in [6, 6.07) is 9.56. The number of rotatable bonds is 6. The van der Waals surface area contributed by atoms with Crippen molar-refractivity contribution in [3.05, 3.63) is 59.1 Å². The summed E-state index contributed by atoms with van der Waals surface area (Å²) in [7, 11) is 1.81. The van der Waals surface area contributed by atoms with Gasteiger partial charge in [0.05, 0.1) is 16.1 Å². The molecule has 34 heavy (non-hydrogen) atoms. The van der Waals surface area contributed by atoms with E-state index in [4.69, 9.17) is 4.52 Å². The summed E-state index contributed by atoms with van der Waals surface area (Å²) in [4.78, 5) is 35.9. The molecular weight excluding hydrogens is 448 g/mol. The van der Waals surface area contributed by atoms with E-state index < -0.39 is 12.0 Å². The molecule has 180 valence electrons. The molecule has 0 saturated carbocycles. The van der Waals surface area contributed by atoms with Gasteiger partial charge < -0.3 is 14.3 Å². The number of hydrogen-bond acceptors (Lipinski definition) is 6. The predicted molar refractivity (Wildman–Crippen MR) is 132 cm³/mol. The third-order valence-corrected chi connectivity index (χ3v) is 7.15. The number of aromatic nitrogens is 2. The molecule has 1 saturated heterocycles. The molecule has 8 heteroatoms. The van der Waals surface area contributed by atoms with E-state index in [1.54, 1.807) is 21.1 Å². The number of nitrogens with zero attached hydrogens (tertiary/aromatic N) is 4. The molecule has 0 aliphatic carbocycles. The topological polar surface area (TPSA) is 79.5 Å². The maximum absolute atomic E-state index is 13.7. The first kappa shape index (κ1) is 24.1. The van der Waals surface area contributed by atoms with E-state index >= 15 is 0 Å². The summed E-state index contributed by atoms with van der Waals surface area (Å²) < 4.78 is 5.50. The second-order valence-electron chi connectivity index (χ2n) is 10.1. The number of thiazole rings is 1. The van der Waals surface area contributed by atoms with E-state index in [2.05, 4.69) is 22.3 Å². The molecule has 1 aromatic carbocycles. The smallest absolute Gasteiger partial charge is 0.245 e. The molecule has 7 nitrogen and oxygen atoms in total. The van der Waals surface area contributed by atoms with Crippen molar-refractivity contribution in [3.63, 3.8) is 0 Å². The lowest BCUT2D eigenvalue weighted by Crippen LogP contribution is -2.49. The molecule has 3 heterocycles. The number of likely N-dealkylation sites (N-methyl/N-ethyl adjacent to an activating group) is 1. The van der Waals surface area contributed by atoms with Gasteiger partial charge in [-0.15, -0.1) is 11.3 Å². The molecule has 4 rings (SSSR count). The molecule has 0 radical (unpaired) electrons. The minimum absolute atomic E-state index is 0.0289. The number of hydrogen-bond donors (Lipinski definition) is 0. The van der Waals surface area contributed by atoms with Gasteiger partial charge in [-0.2, -0.15) is 0 Å².